The Labute approximate surface area is 125 Å². The molecule has 2 rings (SSSR count). The summed E-state index contributed by atoms with van der Waals surface area (Å²) in [4.78, 5) is 26.1. The summed E-state index contributed by atoms with van der Waals surface area (Å²) in [5.74, 6) is 0. The second-order valence-electron chi connectivity index (χ2n) is 7.34. The van der Waals surface area contributed by atoms with E-state index in [0.717, 1.165) is 19.3 Å². The summed E-state index contributed by atoms with van der Waals surface area (Å²) in [7, 11) is 0. The van der Waals surface area contributed by atoms with Gasteiger partial charge in [-0.3, -0.25) is 0 Å². The first-order valence-corrected chi connectivity index (χ1v) is 7.41. The Morgan fingerprint density at radius 3 is 2.76 bits per heavy atom. The SMILES string of the molecule is CC1(C)CC(N=C=O)CC(C)(CNC(=O)OCC2CO2)C1. The second kappa shape index (κ2) is 6.16. The maximum Gasteiger partial charge on any atom is 0.407 e. The van der Waals surface area contributed by atoms with Crippen LogP contribution < -0.4 is 5.32 Å². The standard InChI is InChI=1S/C15H24N2O4/c1-14(2)4-11(17-10-18)5-15(3,8-14)9-16-13(19)21-7-12-6-20-12/h11-12H,4-9H2,1-3H3,(H,16,19). The van der Waals surface area contributed by atoms with Crippen molar-refractivity contribution in [1.82, 2.24) is 5.32 Å². The van der Waals surface area contributed by atoms with E-state index in [4.69, 9.17) is 9.47 Å². The molecular weight excluding hydrogens is 272 g/mol. The summed E-state index contributed by atoms with van der Waals surface area (Å²) in [5.41, 5.74) is -0.00663. The van der Waals surface area contributed by atoms with E-state index in [0.29, 0.717) is 19.8 Å². The molecule has 3 unspecified atom stereocenters. The Kier molecular flexibility index (Phi) is 4.69. The van der Waals surface area contributed by atoms with Crippen molar-refractivity contribution in [2.75, 3.05) is 19.8 Å². The first kappa shape index (κ1) is 16.0. The van der Waals surface area contributed by atoms with E-state index in [1.165, 1.54) is 0 Å². The fourth-order valence-electron chi connectivity index (χ4n) is 3.55. The van der Waals surface area contributed by atoms with Gasteiger partial charge < -0.3 is 14.8 Å². The predicted octanol–water partition coefficient (Wildman–Crippen LogP) is 2.03. The van der Waals surface area contributed by atoms with Crippen molar-refractivity contribution in [3.63, 3.8) is 0 Å². The van der Waals surface area contributed by atoms with Crippen LogP contribution in [0.1, 0.15) is 40.0 Å². The quantitative estimate of drug-likeness (QED) is 0.478. The van der Waals surface area contributed by atoms with E-state index in [1.54, 1.807) is 6.08 Å². The molecule has 6 heteroatoms. The van der Waals surface area contributed by atoms with Crippen LogP contribution in [0.2, 0.25) is 0 Å². The van der Waals surface area contributed by atoms with Crippen molar-refractivity contribution in [1.29, 1.82) is 0 Å². The number of carbonyl (C=O) groups is 1. The first-order chi connectivity index (χ1) is 9.82. The van der Waals surface area contributed by atoms with E-state index in [1.807, 2.05) is 0 Å². The minimum atomic E-state index is -0.412. The summed E-state index contributed by atoms with van der Waals surface area (Å²) in [6.45, 7) is 7.95. The monoisotopic (exact) mass is 296 g/mol. The number of nitrogens with one attached hydrogen (secondary N) is 1. The molecule has 118 valence electrons. The van der Waals surface area contributed by atoms with Gasteiger partial charge in [0.2, 0.25) is 6.08 Å². The van der Waals surface area contributed by atoms with Gasteiger partial charge in [0.15, 0.2) is 0 Å². The van der Waals surface area contributed by atoms with Crippen LogP contribution in [0, 0.1) is 10.8 Å². The number of amides is 1. The summed E-state index contributed by atoms with van der Waals surface area (Å²) in [5, 5.41) is 2.82. The highest BCUT2D eigenvalue weighted by atomic mass is 16.6. The van der Waals surface area contributed by atoms with Gasteiger partial charge in [-0.25, -0.2) is 14.6 Å². The highest BCUT2D eigenvalue weighted by Crippen LogP contribution is 2.46. The van der Waals surface area contributed by atoms with Crippen molar-refractivity contribution in [2.45, 2.75) is 52.2 Å². The van der Waals surface area contributed by atoms with Crippen LogP contribution >= 0.6 is 0 Å². The van der Waals surface area contributed by atoms with E-state index >= 15 is 0 Å². The van der Waals surface area contributed by atoms with Gasteiger partial charge in [0, 0.05) is 6.54 Å². The molecule has 0 aromatic heterocycles. The second-order valence-corrected chi connectivity index (χ2v) is 7.34. The largest absolute Gasteiger partial charge is 0.447 e. The molecule has 1 aliphatic carbocycles. The number of rotatable bonds is 5. The number of epoxide rings is 1. The minimum absolute atomic E-state index is 0.0195. The molecule has 2 fully saturated rings. The molecule has 1 saturated carbocycles. The van der Waals surface area contributed by atoms with Crippen LogP contribution in [0.5, 0.6) is 0 Å². The molecule has 6 nitrogen and oxygen atoms in total. The minimum Gasteiger partial charge on any atom is -0.447 e. The summed E-state index contributed by atoms with van der Waals surface area (Å²) in [6, 6.07) is -0.0195. The third-order valence-electron chi connectivity index (χ3n) is 4.12. The van der Waals surface area contributed by atoms with Gasteiger partial charge in [0.25, 0.3) is 0 Å². The molecule has 1 N–H and O–H groups in total. The Morgan fingerprint density at radius 2 is 2.14 bits per heavy atom. The molecule has 1 saturated heterocycles. The van der Waals surface area contributed by atoms with Crippen molar-refractivity contribution in [3.05, 3.63) is 0 Å². The molecule has 1 amide bonds. The zero-order valence-electron chi connectivity index (χ0n) is 13.0. The maximum atomic E-state index is 11.7. The molecule has 2 aliphatic rings. The summed E-state index contributed by atoms with van der Waals surface area (Å²) in [6.07, 6.45) is 3.95. The van der Waals surface area contributed by atoms with Crippen molar-refractivity contribution in [3.8, 4) is 0 Å². The normalized spacial score (nSPS) is 33.7. The Bertz CT molecular complexity index is 441. The van der Waals surface area contributed by atoms with Gasteiger partial charge in [0.1, 0.15) is 12.7 Å². The number of aliphatic imine (C=N–C) groups is 1. The van der Waals surface area contributed by atoms with Crippen molar-refractivity contribution >= 4 is 12.2 Å². The predicted molar refractivity (Wildman–Crippen MR) is 76.7 cm³/mol. The average Bonchev–Trinajstić information content (AvgIpc) is 3.16. The molecule has 21 heavy (non-hydrogen) atoms. The van der Waals surface area contributed by atoms with E-state index in [-0.39, 0.29) is 23.0 Å². The highest BCUT2D eigenvalue weighted by Gasteiger charge is 2.41. The number of hydrogen-bond donors (Lipinski definition) is 1. The maximum absolute atomic E-state index is 11.7. The fraction of sp³-hybridized carbons (Fsp3) is 0.867. The van der Waals surface area contributed by atoms with Gasteiger partial charge in [-0.2, -0.15) is 0 Å². The molecule has 0 bridgehead atoms. The number of nitrogens with zero attached hydrogens (tertiary/aromatic N) is 1. The van der Waals surface area contributed by atoms with E-state index in [9.17, 15) is 9.59 Å². The highest BCUT2D eigenvalue weighted by molar-refractivity contribution is 5.67. The van der Waals surface area contributed by atoms with Crippen LogP contribution in [-0.2, 0) is 14.3 Å². The van der Waals surface area contributed by atoms with Crippen LogP contribution in [0.4, 0.5) is 4.79 Å². The van der Waals surface area contributed by atoms with Crippen molar-refractivity contribution < 1.29 is 19.1 Å². The first-order valence-electron chi connectivity index (χ1n) is 7.41. The third-order valence-corrected chi connectivity index (χ3v) is 4.12. The van der Waals surface area contributed by atoms with Gasteiger partial charge >= 0.3 is 6.09 Å². The van der Waals surface area contributed by atoms with Crippen LogP contribution in [-0.4, -0.2) is 44.1 Å². The van der Waals surface area contributed by atoms with Gasteiger partial charge in [-0.15, -0.1) is 0 Å². The third kappa shape index (κ3) is 5.14. The molecule has 1 aliphatic heterocycles. The lowest BCUT2D eigenvalue weighted by molar-refractivity contribution is 0.0775. The summed E-state index contributed by atoms with van der Waals surface area (Å²) >= 11 is 0. The Balaban J connectivity index is 1.86. The van der Waals surface area contributed by atoms with Crippen LogP contribution in [0.3, 0.4) is 0 Å². The van der Waals surface area contributed by atoms with Crippen molar-refractivity contribution in [2.24, 2.45) is 15.8 Å². The lowest BCUT2D eigenvalue weighted by Gasteiger charge is -2.45. The number of alkyl carbamates (subject to hydrolysis) is 1. The molecule has 1 heterocycles. The number of isocyanates is 1. The molecule has 0 aromatic carbocycles. The van der Waals surface area contributed by atoms with Gasteiger partial charge in [-0.05, 0) is 30.1 Å². The topological polar surface area (TPSA) is 80.3 Å². The summed E-state index contributed by atoms with van der Waals surface area (Å²) < 4.78 is 10.1. The van der Waals surface area contributed by atoms with Crippen LogP contribution in [0.15, 0.2) is 4.99 Å². The number of hydrogen-bond acceptors (Lipinski definition) is 5. The molecule has 0 radical (unpaired) electrons. The molecular formula is C15H24N2O4. The molecule has 0 aromatic rings. The van der Waals surface area contributed by atoms with Gasteiger partial charge in [0.05, 0.1) is 12.6 Å². The molecule has 3 atom stereocenters. The fourth-order valence-corrected chi connectivity index (χ4v) is 3.55. The average molecular weight is 296 g/mol. The van der Waals surface area contributed by atoms with Gasteiger partial charge in [-0.1, -0.05) is 20.8 Å². The number of ether oxygens (including phenoxy) is 2. The number of carbonyl (C=O) groups excluding carboxylic acids is 2. The lowest BCUT2D eigenvalue weighted by atomic mass is 9.63. The zero-order chi connectivity index (χ0) is 15.5. The molecule has 0 spiro atoms. The van der Waals surface area contributed by atoms with E-state index in [2.05, 4.69) is 31.1 Å². The van der Waals surface area contributed by atoms with E-state index < -0.39 is 6.09 Å². The lowest BCUT2D eigenvalue weighted by Crippen LogP contribution is -2.45. The Morgan fingerprint density at radius 1 is 1.43 bits per heavy atom. The Hall–Kier alpha value is -1.39. The smallest absolute Gasteiger partial charge is 0.407 e. The van der Waals surface area contributed by atoms with Crippen LogP contribution in [0.25, 0.3) is 0 Å². The zero-order valence-corrected chi connectivity index (χ0v) is 13.0.